The maximum atomic E-state index is 12.5. The van der Waals surface area contributed by atoms with Crippen molar-refractivity contribution in [3.63, 3.8) is 0 Å². The Kier molecular flexibility index (Phi) is 4.52. The highest BCUT2D eigenvalue weighted by atomic mass is 16.5. The third-order valence-corrected chi connectivity index (χ3v) is 4.79. The molecule has 2 saturated heterocycles. The second-order valence-electron chi connectivity index (χ2n) is 6.24. The average Bonchev–Trinajstić information content (AvgIpc) is 2.88. The van der Waals surface area contributed by atoms with Crippen LogP contribution in [0.25, 0.3) is 0 Å². The van der Waals surface area contributed by atoms with Crippen LogP contribution in [0.5, 0.6) is 11.5 Å². The zero-order valence-electron chi connectivity index (χ0n) is 14.3. The second kappa shape index (κ2) is 6.62. The number of nitrogens with zero attached hydrogens (tertiary/aromatic N) is 1. The van der Waals surface area contributed by atoms with E-state index in [0.29, 0.717) is 37.4 Å². The van der Waals surface area contributed by atoms with Crippen LogP contribution in [0.2, 0.25) is 0 Å². The Balaban J connectivity index is 1.62. The molecule has 2 fully saturated rings. The van der Waals surface area contributed by atoms with Gasteiger partial charge in [-0.05, 0) is 30.5 Å². The second-order valence-corrected chi connectivity index (χ2v) is 6.24. The summed E-state index contributed by atoms with van der Waals surface area (Å²) in [4.78, 5) is 37.5. The van der Waals surface area contributed by atoms with Crippen molar-refractivity contribution in [2.75, 3.05) is 27.3 Å². The van der Waals surface area contributed by atoms with Crippen LogP contribution in [0, 0.1) is 0 Å². The number of carbonyl (C=O) groups excluding carboxylic acids is 3. The SMILES string of the molecule is COc1ccc(CC(=O)N2CCC3(CC2)NC(=O)NC3=O)cc1OC. The monoisotopic (exact) mass is 347 g/mol. The molecule has 25 heavy (non-hydrogen) atoms. The van der Waals surface area contributed by atoms with Gasteiger partial charge in [0.05, 0.1) is 20.6 Å². The normalized spacial score (nSPS) is 18.7. The molecule has 3 rings (SSSR count). The van der Waals surface area contributed by atoms with Gasteiger partial charge in [0.1, 0.15) is 5.54 Å². The number of nitrogens with one attached hydrogen (secondary N) is 2. The van der Waals surface area contributed by atoms with Gasteiger partial charge in [-0.15, -0.1) is 0 Å². The number of hydrogen-bond donors (Lipinski definition) is 2. The van der Waals surface area contributed by atoms with Crippen molar-refractivity contribution in [2.24, 2.45) is 0 Å². The van der Waals surface area contributed by atoms with Crippen LogP contribution >= 0.6 is 0 Å². The number of benzene rings is 1. The van der Waals surface area contributed by atoms with E-state index in [1.54, 1.807) is 31.3 Å². The predicted molar refractivity (Wildman–Crippen MR) is 88.5 cm³/mol. The highest BCUT2D eigenvalue weighted by Gasteiger charge is 2.48. The lowest BCUT2D eigenvalue weighted by Gasteiger charge is -2.37. The van der Waals surface area contributed by atoms with E-state index in [-0.39, 0.29) is 18.2 Å². The summed E-state index contributed by atoms with van der Waals surface area (Å²) in [7, 11) is 3.11. The molecular weight excluding hydrogens is 326 g/mol. The number of rotatable bonds is 4. The zero-order valence-corrected chi connectivity index (χ0v) is 14.3. The van der Waals surface area contributed by atoms with Crippen LogP contribution < -0.4 is 20.1 Å². The molecule has 2 aliphatic rings. The number of urea groups is 1. The Bertz CT molecular complexity index is 710. The van der Waals surface area contributed by atoms with Crippen LogP contribution in [0.3, 0.4) is 0 Å². The lowest BCUT2D eigenvalue weighted by molar-refractivity contribution is -0.135. The average molecular weight is 347 g/mol. The van der Waals surface area contributed by atoms with Gasteiger partial charge in [0.25, 0.3) is 5.91 Å². The largest absolute Gasteiger partial charge is 0.493 e. The van der Waals surface area contributed by atoms with Crippen LogP contribution in [-0.2, 0) is 16.0 Å². The Labute approximate surface area is 145 Å². The fourth-order valence-corrected chi connectivity index (χ4v) is 3.30. The van der Waals surface area contributed by atoms with E-state index in [1.165, 1.54) is 0 Å². The molecule has 0 aromatic heterocycles. The summed E-state index contributed by atoms with van der Waals surface area (Å²) >= 11 is 0. The van der Waals surface area contributed by atoms with Crippen molar-refractivity contribution in [3.8, 4) is 11.5 Å². The fraction of sp³-hybridized carbons (Fsp3) is 0.471. The highest BCUT2D eigenvalue weighted by Crippen LogP contribution is 2.29. The molecule has 4 amide bonds. The summed E-state index contributed by atoms with van der Waals surface area (Å²) in [6.45, 7) is 0.861. The van der Waals surface area contributed by atoms with Crippen LogP contribution in [0.1, 0.15) is 18.4 Å². The first-order chi connectivity index (χ1) is 12.0. The zero-order chi connectivity index (χ0) is 18.0. The first-order valence-electron chi connectivity index (χ1n) is 8.10. The van der Waals surface area contributed by atoms with Crippen molar-refractivity contribution >= 4 is 17.8 Å². The number of hydrogen-bond acceptors (Lipinski definition) is 5. The highest BCUT2D eigenvalue weighted by molar-refractivity contribution is 6.07. The summed E-state index contributed by atoms with van der Waals surface area (Å²) in [5.74, 6) is 0.869. The number of carbonyl (C=O) groups is 3. The molecule has 0 bridgehead atoms. The van der Waals surface area contributed by atoms with Crippen molar-refractivity contribution in [1.29, 1.82) is 0 Å². The maximum Gasteiger partial charge on any atom is 0.322 e. The Morgan fingerprint density at radius 3 is 2.40 bits per heavy atom. The molecule has 0 saturated carbocycles. The molecule has 2 heterocycles. The minimum atomic E-state index is -0.864. The van der Waals surface area contributed by atoms with Gasteiger partial charge < -0.3 is 19.7 Å². The molecule has 1 spiro atoms. The number of piperidine rings is 1. The molecular formula is C17H21N3O5. The lowest BCUT2D eigenvalue weighted by atomic mass is 9.87. The van der Waals surface area contributed by atoms with Crippen molar-refractivity contribution in [2.45, 2.75) is 24.8 Å². The molecule has 0 radical (unpaired) electrons. The molecule has 1 aromatic carbocycles. The van der Waals surface area contributed by atoms with Gasteiger partial charge in [-0.25, -0.2) is 4.79 Å². The molecule has 0 aliphatic carbocycles. The van der Waals surface area contributed by atoms with Gasteiger partial charge in [0, 0.05) is 13.1 Å². The fourth-order valence-electron chi connectivity index (χ4n) is 3.30. The molecule has 0 atom stereocenters. The van der Waals surface area contributed by atoms with E-state index in [9.17, 15) is 14.4 Å². The summed E-state index contributed by atoms with van der Waals surface area (Å²) in [6.07, 6.45) is 1.08. The van der Waals surface area contributed by atoms with E-state index < -0.39 is 11.6 Å². The van der Waals surface area contributed by atoms with Crippen molar-refractivity contribution in [3.05, 3.63) is 23.8 Å². The minimum absolute atomic E-state index is 0.0215. The number of amides is 4. The summed E-state index contributed by atoms with van der Waals surface area (Å²) in [5, 5.41) is 4.95. The van der Waals surface area contributed by atoms with E-state index in [1.807, 2.05) is 6.07 Å². The maximum absolute atomic E-state index is 12.5. The number of imide groups is 1. The third-order valence-electron chi connectivity index (χ3n) is 4.79. The molecule has 8 nitrogen and oxygen atoms in total. The van der Waals surface area contributed by atoms with E-state index >= 15 is 0 Å². The molecule has 2 N–H and O–H groups in total. The molecule has 1 aromatic rings. The Morgan fingerprint density at radius 1 is 1.16 bits per heavy atom. The molecule has 134 valence electrons. The standard InChI is InChI=1S/C17H21N3O5/c1-24-12-4-3-11(9-13(12)25-2)10-14(21)20-7-5-17(6-8-20)15(22)18-16(23)19-17/h3-4,9H,5-8,10H2,1-2H3,(H2,18,19,22,23). The lowest BCUT2D eigenvalue weighted by Crippen LogP contribution is -2.55. The quantitative estimate of drug-likeness (QED) is 0.771. The van der Waals surface area contributed by atoms with Crippen LogP contribution in [0.15, 0.2) is 18.2 Å². The van der Waals surface area contributed by atoms with Crippen LogP contribution in [-0.4, -0.2) is 55.6 Å². The van der Waals surface area contributed by atoms with Crippen molar-refractivity contribution in [1.82, 2.24) is 15.5 Å². The topological polar surface area (TPSA) is 97.0 Å². The van der Waals surface area contributed by atoms with E-state index in [2.05, 4.69) is 10.6 Å². The summed E-state index contributed by atoms with van der Waals surface area (Å²) < 4.78 is 10.4. The first-order valence-corrected chi connectivity index (χ1v) is 8.10. The third kappa shape index (κ3) is 3.24. The van der Waals surface area contributed by atoms with Crippen molar-refractivity contribution < 1.29 is 23.9 Å². The Morgan fingerprint density at radius 2 is 1.84 bits per heavy atom. The molecule has 0 unspecified atom stereocenters. The number of methoxy groups -OCH3 is 2. The minimum Gasteiger partial charge on any atom is -0.493 e. The molecule has 8 heteroatoms. The first kappa shape index (κ1) is 17.1. The van der Waals surface area contributed by atoms with Gasteiger partial charge in [-0.3, -0.25) is 14.9 Å². The summed E-state index contributed by atoms with van der Waals surface area (Å²) in [5.41, 5.74) is -0.0353. The predicted octanol–water partition coefficient (Wildman–Crippen LogP) is 0.447. The number of ether oxygens (including phenoxy) is 2. The molecule has 2 aliphatic heterocycles. The smallest absolute Gasteiger partial charge is 0.322 e. The van der Waals surface area contributed by atoms with Gasteiger partial charge in [0.15, 0.2) is 11.5 Å². The van der Waals surface area contributed by atoms with Gasteiger partial charge in [0.2, 0.25) is 5.91 Å². The number of likely N-dealkylation sites (tertiary alicyclic amines) is 1. The van der Waals surface area contributed by atoms with Gasteiger partial charge in [-0.1, -0.05) is 6.07 Å². The van der Waals surface area contributed by atoms with E-state index in [4.69, 9.17) is 9.47 Å². The Hall–Kier alpha value is -2.77. The van der Waals surface area contributed by atoms with Gasteiger partial charge >= 0.3 is 6.03 Å². The summed E-state index contributed by atoms with van der Waals surface area (Å²) in [6, 6.07) is 4.92. The van der Waals surface area contributed by atoms with Crippen LogP contribution in [0.4, 0.5) is 4.79 Å². The van der Waals surface area contributed by atoms with Gasteiger partial charge in [-0.2, -0.15) is 0 Å². The van der Waals surface area contributed by atoms with E-state index in [0.717, 1.165) is 5.56 Å².